The van der Waals surface area contributed by atoms with Crippen LogP contribution in [0.1, 0.15) is 41.7 Å². The summed E-state index contributed by atoms with van der Waals surface area (Å²) in [6.07, 6.45) is 6.08. The van der Waals surface area contributed by atoms with E-state index in [9.17, 15) is 4.79 Å². The smallest absolute Gasteiger partial charge is 0.255 e. The van der Waals surface area contributed by atoms with Crippen LogP contribution in [0.2, 0.25) is 0 Å². The van der Waals surface area contributed by atoms with Gasteiger partial charge in [0.1, 0.15) is 0 Å². The van der Waals surface area contributed by atoms with Gasteiger partial charge in [0.2, 0.25) is 0 Å². The number of hydrogen-bond acceptors (Lipinski definition) is 4. The summed E-state index contributed by atoms with van der Waals surface area (Å²) >= 11 is 0. The normalized spacial score (nSPS) is 15.9. The fourth-order valence-corrected chi connectivity index (χ4v) is 2.19. The summed E-state index contributed by atoms with van der Waals surface area (Å²) in [6, 6.07) is 2.07. The highest BCUT2D eigenvalue weighted by atomic mass is 16.1. The molecule has 1 aliphatic rings. The van der Waals surface area contributed by atoms with Crippen LogP contribution in [0.15, 0.2) is 12.3 Å². The second kappa shape index (κ2) is 5.14. The van der Waals surface area contributed by atoms with Crippen LogP contribution in [0, 0.1) is 6.92 Å². The molecule has 5 nitrogen and oxygen atoms in total. The van der Waals surface area contributed by atoms with Crippen molar-refractivity contribution in [2.24, 2.45) is 5.84 Å². The number of nitrogens with one attached hydrogen (secondary N) is 2. The minimum atomic E-state index is -0.0997. The molecular formula is C12H18N4O. The van der Waals surface area contributed by atoms with Crippen molar-refractivity contribution in [1.82, 2.24) is 10.3 Å². The van der Waals surface area contributed by atoms with E-state index in [1.165, 1.54) is 12.8 Å². The molecule has 0 aromatic carbocycles. The highest BCUT2D eigenvalue weighted by molar-refractivity contribution is 5.99. The molecule has 0 saturated heterocycles. The van der Waals surface area contributed by atoms with Crippen LogP contribution in [0.3, 0.4) is 0 Å². The Morgan fingerprint density at radius 2 is 2.18 bits per heavy atom. The molecule has 0 aliphatic heterocycles. The maximum atomic E-state index is 12.0. The van der Waals surface area contributed by atoms with Gasteiger partial charge in [0.15, 0.2) is 0 Å². The Morgan fingerprint density at radius 3 is 2.82 bits per heavy atom. The number of carbonyl (C=O) groups excluding carboxylic acids is 1. The number of pyridine rings is 1. The Kier molecular flexibility index (Phi) is 3.58. The van der Waals surface area contributed by atoms with Crippen LogP contribution in [0.4, 0.5) is 5.69 Å². The van der Waals surface area contributed by atoms with E-state index in [1.807, 2.05) is 6.92 Å². The van der Waals surface area contributed by atoms with Gasteiger partial charge in [-0.3, -0.25) is 15.6 Å². The molecule has 2 rings (SSSR count). The summed E-state index contributed by atoms with van der Waals surface area (Å²) in [6.45, 7) is 1.86. The lowest BCUT2D eigenvalue weighted by Crippen LogP contribution is -2.33. The predicted molar refractivity (Wildman–Crippen MR) is 66.5 cm³/mol. The van der Waals surface area contributed by atoms with Gasteiger partial charge in [0.05, 0.1) is 11.3 Å². The third kappa shape index (κ3) is 2.74. The molecule has 0 atom stereocenters. The van der Waals surface area contributed by atoms with Gasteiger partial charge >= 0.3 is 0 Å². The van der Waals surface area contributed by atoms with Crippen LogP contribution in [-0.4, -0.2) is 16.9 Å². The van der Waals surface area contributed by atoms with E-state index in [4.69, 9.17) is 5.84 Å². The Bertz CT molecular complexity index is 413. The van der Waals surface area contributed by atoms with Crippen molar-refractivity contribution >= 4 is 11.6 Å². The van der Waals surface area contributed by atoms with Gasteiger partial charge in [-0.1, -0.05) is 12.8 Å². The molecule has 1 aromatic heterocycles. The van der Waals surface area contributed by atoms with Crippen LogP contribution in [0.5, 0.6) is 0 Å². The Labute approximate surface area is 101 Å². The number of aromatic nitrogens is 1. The van der Waals surface area contributed by atoms with Gasteiger partial charge in [0, 0.05) is 17.9 Å². The van der Waals surface area contributed by atoms with Crippen LogP contribution < -0.4 is 16.6 Å². The molecule has 17 heavy (non-hydrogen) atoms. The van der Waals surface area contributed by atoms with Crippen molar-refractivity contribution in [3.05, 3.63) is 23.5 Å². The lowest BCUT2D eigenvalue weighted by molar-refractivity contribution is 0.0938. The van der Waals surface area contributed by atoms with Crippen LogP contribution >= 0.6 is 0 Å². The van der Waals surface area contributed by atoms with E-state index >= 15 is 0 Å². The van der Waals surface area contributed by atoms with Gasteiger partial charge in [-0.05, 0) is 25.8 Å². The predicted octanol–water partition coefficient (Wildman–Crippen LogP) is 1.35. The number of anilines is 1. The Hall–Kier alpha value is -1.62. The van der Waals surface area contributed by atoms with Gasteiger partial charge < -0.3 is 10.7 Å². The number of aryl methyl sites for hydroxylation is 1. The first-order valence-electron chi connectivity index (χ1n) is 5.95. The molecule has 4 N–H and O–H groups in total. The molecule has 1 heterocycles. The van der Waals surface area contributed by atoms with Gasteiger partial charge in [0.25, 0.3) is 5.91 Å². The minimum absolute atomic E-state index is 0.0997. The van der Waals surface area contributed by atoms with Crippen LogP contribution in [-0.2, 0) is 0 Å². The number of hydrazine groups is 1. The van der Waals surface area contributed by atoms with Crippen molar-refractivity contribution in [1.29, 1.82) is 0 Å². The zero-order valence-corrected chi connectivity index (χ0v) is 9.99. The molecule has 1 fully saturated rings. The first kappa shape index (κ1) is 11.9. The van der Waals surface area contributed by atoms with E-state index < -0.39 is 0 Å². The maximum Gasteiger partial charge on any atom is 0.255 e. The third-order valence-corrected chi connectivity index (χ3v) is 3.13. The molecule has 1 amide bonds. The number of nitrogen functional groups attached to an aromatic ring is 1. The Balaban J connectivity index is 2.12. The summed E-state index contributed by atoms with van der Waals surface area (Å²) < 4.78 is 0. The monoisotopic (exact) mass is 234 g/mol. The first-order valence-corrected chi connectivity index (χ1v) is 5.95. The van der Waals surface area contributed by atoms with E-state index in [1.54, 1.807) is 12.3 Å². The molecule has 1 aromatic rings. The zero-order valence-electron chi connectivity index (χ0n) is 9.99. The molecule has 0 bridgehead atoms. The van der Waals surface area contributed by atoms with Crippen molar-refractivity contribution in [3.8, 4) is 0 Å². The summed E-state index contributed by atoms with van der Waals surface area (Å²) in [5, 5.41) is 3.01. The van der Waals surface area contributed by atoms with Crippen LogP contribution in [0.25, 0.3) is 0 Å². The SMILES string of the molecule is Cc1cc(NN)c(C(=O)NC2CCCC2)cn1. The number of carbonyl (C=O) groups is 1. The average Bonchev–Trinajstić information content (AvgIpc) is 2.81. The number of nitrogens with two attached hydrogens (primary N) is 1. The molecule has 1 saturated carbocycles. The second-order valence-corrected chi connectivity index (χ2v) is 4.47. The average molecular weight is 234 g/mol. The second-order valence-electron chi connectivity index (χ2n) is 4.47. The number of amides is 1. The van der Waals surface area contributed by atoms with Gasteiger partial charge in [-0.2, -0.15) is 0 Å². The zero-order chi connectivity index (χ0) is 12.3. The molecule has 0 spiro atoms. The topological polar surface area (TPSA) is 80.0 Å². The van der Waals surface area contributed by atoms with Gasteiger partial charge in [-0.25, -0.2) is 0 Å². The lowest BCUT2D eigenvalue weighted by atomic mass is 10.1. The number of nitrogens with zero attached hydrogens (tertiary/aromatic N) is 1. The highest BCUT2D eigenvalue weighted by Crippen LogP contribution is 2.19. The van der Waals surface area contributed by atoms with Crippen molar-refractivity contribution in [2.75, 3.05) is 5.43 Å². The quantitative estimate of drug-likeness (QED) is 0.545. The van der Waals surface area contributed by atoms with Gasteiger partial charge in [-0.15, -0.1) is 0 Å². The summed E-state index contributed by atoms with van der Waals surface area (Å²) in [4.78, 5) is 16.2. The van der Waals surface area contributed by atoms with E-state index in [0.717, 1.165) is 18.5 Å². The fraction of sp³-hybridized carbons (Fsp3) is 0.500. The van der Waals surface area contributed by atoms with E-state index in [0.29, 0.717) is 17.3 Å². The number of rotatable bonds is 3. The van der Waals surface area contributed by atoms with E-state index in [2.05, 4.69) is 15.7 Å². The summed E-state index contributed by atoms with van der Waals surface area (Å²) in [5.74, 6) is 5.31. The highest BCUT2D eigenvalue weighted by Gasteiger charge is 2.19. The first-order chi connectivity index (χ1) is 8.20. The molecular weight excluding hydrogens is 216 g/mol. The van der Waals surface area contributed by atoms with Crippen molar-refractivity contribution in [2.45, 2.75) is 38.6 Å². The largest absolute Gasteiger partial charge is 0.349 e. The summed E-state index contributed by atoms with van der Waals surface area (Å²) in [7, 11) is 0. The fourth-order valence-electron chi connectivity index (χ4n) is 2.19. The lowest BCUT2D eigenvalue weighted by Gasteiger charge is -2.14. The molecule has 0 unspecified atom stereocenters. The molecule has 5 heteroatoms. The summed E-state index contributed by atoms with van der Waals surface area (Å²) in [5.41, 5.74) is 4.49. The number of hydrogen-bond donors (Lipinski definition) is 3. The van der Waals surface area contributed by atoms with E-state index in [-0.39, 0.29) is 5.91 Å². The molecule has 92 valence electrons. The standard InChI is InChI=1S/C12H18N4O/c1-8-6-11(16-13)10(7-14-8)12(17)15-9-4-2-3-5-9/h6-7,9H,2-5,13H2,1H3,(H,14,16)(H,15,17). The third-order valence-electron chi connectivity index (χ3n) is 3.13. The molecule has 1 aliphatic carbocycles. The molecule has 0 radical (unpaired) electrons. The minimum Gasteiger partial charge on any atom is -0.349 e. The van der Waals surface area contributed by atoms with Crippen molar-refractivity contribution < 1.29 is 4.79 Å². The maximum absolute atomic E-state index is 12.0. The van der Waals surface area contributed by atoms with Crippen molar-refractivity contribution in [3.63, 3.8) is 0 Å². The Morgan fingerprint density at radius 1 is 1.47 bits per heavy atom.